The van der Waals surface area contributed by atoms with E-state index in [4.69, 9.17) is 4.74 Å². The molecule has 0 radical (unpaired) electrons. The number of benzene rings is 1. The first-order valence-corrected chi connectivity index (χ1v) is 6.03. The van der Waals surface area contributed by atoms with Gasteiger partial charge < -0.3 is 17.1 Å². The van der Waals surface area contributed by atoms with Crippen molar-refractivity contribution in [1.82, 2.24) is 0 Å². The Morgan fingerprint density at radius 3 is 2.50 bits per heavy atom. The standard InChI is InChI=1S/C16H16NO2.ClH/c1-13-4-3-10-17(12-13)11-9-16(18)14-5-7-15(19-2)8-6-14;/h3-12H,1-2H3;1H/q+1;/p-1/b11-9+;. The molecule has 3 nitrogen and oxygen atoms in total. The molecule has 0 saturated heterocycles. The predicted octanol–water partition coefficient (Wildman–Crippen LogP) is -0.351. The van der Waals surface area contributed by atoms with Gasteiger partial charge in [-0.3, -0.25) is 4.79 Å². The van der Waals surface area contributed by atoms with Gasteiger partial charge in [-0.25, -0.2) is 0 Å². The lowest BCUT2D eigenvalue weighted by Gasteiger charge is -1.99. The minimum atomic E-state index is -0.0309. The molecule has 0 aliphatic rings. The molecule has 2 rings (SSSR count). The molecule has 0 amide bonds. The van der Waals surface area contributed by atoms with Crippen LogP contribution in [-0.4, -0.2) is 12.9 Å². The number of methoxy groups -OCH3 is 1. The first-order valence-electron chi connectivity index (χ1n) is 6.03. The number of allylic oxidation sites excluding steroid dienone is 1. The van der Waals surface area contributed by atoms with Gasteiger partial charge in [0.05, 0.1) is 13.2 Å². The smallest absolute Gasteiger partial charge is 0.191 e. The van der Waals surface area contributed by atoms with Gasteiger partial charge in [-0.1, -0.05) is 0 Å². The largest absolute Gasteiger partial charge is 1.00 e. The third kappa shape index (κ3) is 4.21. The van der Waals surface area contributed by atoms with Crippen molar-refractivity contribution in [2.24, 2.45) is 0 Å². The maximum atomic E-state index is 12.0. The SMILES string of the molecule is COc1ccc(C(=O)/C=C/[n+]2cccc(C)c2)cc1.[Cl-]. The zero-order valence-corrected chi connectivity index (χ0v) is 12.2. The summed E-state index contributed by atoms with van der Waals surface area (Å²) < 4.78 is 6.92. The Morgan fingerprint density at radius 1 is 1.20 bits per heavy atom. The van der Waals surface area contributed by atoms with Crippen LogP contribution in [0, 0.1) is 6.92 Å². The number of rotatable bonds is 4. The minimum Gasteiger partial charge on any atom is -1.00 e. The summed E-state index contributed by atoms with van der Waals surface area (Å²) in [4.78, 5) is 12.0. The van der Waals surface area contributed by atoms with Gasteiger partial charge in [-0.2, -0.15) is 4.57 Å². The van der Waals surface area contributed by atoms with Crippen LogP contribution < -0.4 is 21.7 Å². The average molecular weight is 290 g/mol. The normalized spacial score (nSPS) is 10.1. The van der Waals surface area contributed by atoms with E-state index in [0.29, 0.717) is 5.56 Å². The maximum absolute atomic E-state index is 12.0. The number of aryl methyl sites for hydroxylation is 1. The van der Waals surface area contributed by atoms with Crippen molar-refractivity contribution in [2.75, 3.05) is 7.11 Å². The van der Waals surface area contributed by atoms with E-state index in [0.717, 1.165) is 11.3 Å². The van der Waals surface area contributed by atoms with Crippen LogP contribution in [0.1, 0.15) is 15.9 Å². The molecule has 1 aromatic carbocycles. The number of hydrogen-bond donors (Lipinski definition) is 0. The molecule has 0 saturated carbocycles. The summed E-state index contributed by atoms with van der Waals surface area (Å²) in [5, 5.41) is 0. The predicted molar refractivity (Wildman–Crippen MR) is 74.0 cm³/mol. The van der Waals surface area contributed by atoms with Crippen LogP contribution in [0.5, 0.6) is 5.75 Å². The molecule has 0 N–H and O–H groups in total. The highest BCUT2D eigenvalue weighted by Crippen LogP contribution is 2.11. The zero-order valence-electron chi connectivity index (χ0n) is 11.4. The first kappa shape index (κ1) is 15.9. The fraction of sp³-hybridized carbons (Fsp3) is 0.125. The van der Waals surface area contributed by atoms with Crippen molar-refractivity contribution >= 4 is 12.0 Å². The summed E-state index contributed by atoms with van der Waals surface area (Å²) in [5.74, 6) is 0.713. The molecule has 0 bridgehead atoms. The lowest BCUT2D eigenvalue weighted by atomic mass is 10.1. The summed E-state index contributed by atoms with van der Waals surface area (Å²) in [5.41, 5.74) is 1.79. The Kier molecular flexibility index (Phi) is 5.94. The van der Waals surface area contributed by atoms with Crippen molar-refractivity contribution in [1.29, 1.82) is 0 Å². The summed E-state index contributed by atoms with van der Waals surface area (Å²) in [7, 11) is 1.60. The first-order chi connectivity index (χ1) is 9.19. The quantitative estimate of drug-likeness (QED) is 0.438. The van der Waals surface area contributed by atoms with Gasteiger partial charge in [-0.05, 0) is 37.3 Å². The van der Waals surface area contributed by atoms with Crippen molar-refractivity contribution < 1.29 is 26.5 Å². The van der Waals surface area contributed by atoms with Gasteiger partial charge in [-0.15, -0.1) is 0 Å². The van der Waals surface area contributed by atoms with Crippen LogP contribution in [0.25, 0.3) is 6.20 Å². The molecule has 20 heavy (non-hydrogen) atoms. The Labute approximate surface area is 124 Å². The summed E-state index contributed by atoms with van der Waals surface area (Å²) >= 11 is 0. The summed E-state index contributed by atoms with van der Waals surface area (Å²) in [6, 6.07) is 11.0. The van der Waals surface area contributed by atoms with Crippen molar-refractivity contribution in [3.05, 3.63) is 66.0 Å². The third-order valence-electron chi connectivity index (χ3n) is 2.74. The molecular weight excluding hydrogens is 274 g/mol. The number of halogens is 1. The number of ketones is 1. The van der Waals surface area contributed by atoms with Gasteiger partial charge in [0.25, 0.3) is 0 Å². The topological polar surface area (TPSA) is 30.2 Å². The maximum Gasteiger partial charge on any atom is 0.191 e. The molecule has 0 unspecified atom stereocenters. The monoisotopic (exact) mass is 289 g/mol. The summed E-state index contributed by atoms with van der Waals surface area (Å²) in [6.45, 7) is 2.01. The average Bonchev–Trinajstić information content (AvgIpc) is 2.45. The lowest BCUT2D eigenvalue weighted by molar-refractivity contribution is -0.568. The van der Waals surface area contributed by atoms with E-state index in [1.807, 2.05) is 36.0 Å². The highest BCUT2D eigenvalue weighted by molar-refractivity contribution is 6.05. The Morgan fingerprint density at radius 2 is 1.90 bits per heavy atom. The number of carbonyl (C=O) groups excluding carboxylic acids is 1. The van der Waals surface area contributed by atoms with Crippen LogP contribution in [0.3, 0.4) is 0 Å². The number of ether oxygens (including phenoxy) is 1. The highest BCUT2D eigenvalue weighted by atomic mass is 35.5. The van der Waals surface area contributed by atoms with Crippen LogP contribution in [-0.2, 0) is 0 Å². The Balaban J connectivity index is 0.00000200. The molecule has 0 atom stereocenters. The van der Waals surface area contributed by atoms with Crippen LogP contribution in [0.15, 0.2) is 54.9 Å². The van der Waals surface area contributed by atoms with E-state index < -0.39 is 0 Å². The van der Waals surface area contributed by atoms with E-state index in [-0.39, 0.29) is 18.2 Å². The fourth-order valence-electron chi connectivity index (χ4n) is 1.71. The second-order valence-electron chi connectivity index (χ2n) is 4.24. The summed E-state index contributed by atoms with van der Waals surface area (Å²) in [6.07, 6.45) is 7.16. The van der Waals surface area contributed by atoms with Gasteiger partial charge in [0, 0.05) is 17.2 Å². The zero-order chi connectivity index (χ0) is 13.7. The van der Waals surface area contributed by atoms with E-state index in [9.17, 15) is 4.79 Å². The third-order valence-corrected chi connectivity index (χ3v) is 2.74. The van der Waals surface area contributed by atoms with E-state index in [1.54, 1.807) is 43.7 Å². The molecule has 1 heterocycles. The van der Waals surface area contributed by atoms with Gasteiger partial charge >= 0.3 is 0 Å². The molecule has 104 valence electrons. The van der Waals surface area contributed by atoms with Crippen LogP contribution in [0.4, 0.5) is 0 Å². The molecule has 4 heteroatoms. The molecule has 1 aromatic heterocycles. The molecule has 2 aromatic rings. The van der Waals surface area contributed by atoms with Crippen molar-refractivity contribution in [3.8, 4) is 5.75 Å². The number of hydrogen-bond acceptors (Lipinski definition) is 2. The lowest BCUT2D eigenvalue weighted by Crippen LogP contribution is -3.00. The fourth-order valence-corrected chi connectivity index (χ4v) is 1.71. The molecule has 0 fully saturated rings. The second-order valence-corrected chi connectivity index (χ2v) is 4.24. The second kappa shape index (κ2) is 7.46. The van der Waals surface area contributed by atoms with Crippen LogP contribution in [0.2, 0.25) is 0 Å². The highest BCUT2D eigenvalue weighted by Gasteiger charge is 2.03. The van der Waals surface area contributed by atoms with Crippen molar-refractivity contribution in [2.45, 2.75) is 6.92 Å². The molecule has 0 aliphatic heterocycles. The van der Waals surface area contributed by atoms with E-state index in [1.165, 1.54) is 0 Å². The number of carbonyl (C=O) groups is 1. The van der Waals surface area contributed by atoms with Crippen molar-refractivity contribution in [3.63, 3.8) is 0 Å². The molecule has 0 spiro atoms. The molecule has 0 aliphatic carbocycles. The Hall–Kier alpha value is -2.13. The van der Waals surface area contributed by atoms with E-state index in [2.05, 4.69) is 0 Å². The minimum absolute atomic E-state index is 0. The van der Waals surface area contributed by atoms with Gasteiger partial charge in [0.2, 0.25) is 0 Å². The Bertz CT molecular complexity index is 606. The number of pyridine rings is 1. The van der Waals surface area contributed by atoms with Gasteiger partial charge in [0.15, 0.2) is 24.4 Å². The number of nitrogens with zero attached hydrogens (tertiary/aromatic N) is 1. The van der Waals surface area contributed by atoms with Gasteiger partial charge in [0.1, 0.15) is 5.75 Å². The molecular formula is C16H16ClNO2. The van der Waals surface area contributed by atoms with E-state index >= 15 is 0 Å². The number of aromatic nitrogens is 1. The van der Waals surface area contributed by atoms with Crippen LogP contribution >= 0.6 is 0 Å².